The lowest BCUT2D eigenvalue weighted by Crippen LogP contribution is -2.34. The third-order valence-corrected chi connectivity index (χ3v) is 4.93. The number of nitrogens with zero attached hydrogens (tertiary/aromatic N) is 1. The minimum atomic E-state index is -0.652. The Labute approximate surface area is 199 Å². The van der Waals surface area contributed by atoms with Gasteiger partial charge in [0.1, 0.15) is 5.76 Å². The van der Waals surface area contributed by atoms with Crippen LogP contribution in [0.3, 0.4) is 0 Å². The zero-order chi connectivity index (χ0) is 24.0. The second-order valence-electron chi connectivity index (χ2n) is 6.84. The monoisotopic (exact) mass is 486 g/mol. The molecule has 0 saturated heterocycles. The van der Waals surface area contributed by atoms with Crippen molar-refractivity contribution in [2.24, 2.45) is 0 Å². The predicted molar refractivity (Wildman–Crippen MR) is 129 cm³/mol. The lowest BCUT2D eigenvalue weighted by Gasteiger charge is -2.12. The minimum absolute atomic E-state index is 0.0532. The molecule has 1 heterocycles. The van der Waals surface area contributed by atoms with E-state index in [9.17, 15) is 19.7 Å². The molecule has 9 nitrogen and oxygen atoms in total. The summed E-state index contributed by atoms with van der Waals surface area (Å²) in [4.78, 5) is 35.0. The summed E-state index contributed by atoms with van der Waals surface area (Å²) in [5, 5.41) is 19.5. The van der Waals surface area contributed by atoms with Crippen LogP contribution in [-0.2, 0) is 4.79 Å². The highest BCUT2D eigenvalue weighted by Gasteiger charge is 2.20. The number of thiocarbonyl (C=S) groups is 1. The number of para-hydroxylation sites is 1. The van der Waals surface area contributed by atoms with Crippen molar-refractivity contribution in [3.05, 3.63) is 75.5 Å². The van der Waals surface area contributed by atoms with Gasteiger partial charge in [-0.2, -0.15) is 0 Å². The summed E-state index contributed by atoms with van der Waals surface area (Å²) >= 11 is 11.4. The molecular formula is C22H19ClN4O5S. The van der Waals surface area contributed by atoms with Gasteiger partial charge in [-0.25, -0.2) is 0 Å². The van der Waals surface area contributed by atoms with E-state index in [1.807, 2.05) is 6.92 Å². The van der Waals surface area contributed by atoms with E-state index >= 15 is 0 Å². The van der Waals surface area contributed by atoms with Gasteiger partial charge in [-0.15, -0.1) is 0 Å². The first-order chi connectivity index (χ1) is 15.8. The molecule has 0 fully saturated rings. The number of furan rings is 1. The van der Waals surface area contributed by atoms with Gasteiger partial charge in [0.05, 0.1) is 21.2 Å². The van der Waals surface area contributed by atoms with Gasteiger partial charge in [0.15, 0.2) is 10.9 Å². The number of nitrogens with one attached hydrogen (secondary N) is 3. The van der Waals surface area contributed by atoms with Gasteiger partial charge < -0.3 is 15.1 Å². The van der Waals surface area contributed by atoms with Crippen LogP contribution in [0, 0.1) is 10.1 Å². The van der Waals surface area contributed by atoms with Crippen molar-refractivity contribution in [1.82, 2.24) is 5.32 Å². The Morgan fingerprint density at radius 2 is 1.88 bits per heavy atom. The van der Waals surface area contributed by atoms with Crippen LogP contribution in [-0.4, -0.2) is 21.9 Å². The number of rotatable bonds is 7. The first-order valence-electron chi connectivity index (χ1n) is 9.84. The molecule has 1 aromatic heterocycles. The molecule has 0 radical (unpaired) electrons. The summed E-state index contributed by atoms with van der Waals surface area (Å²) in [5.41, 5.74) is 1.01. The number of anilines is 2. The number of hydrogen-bond acceptors (Lipinski definition) is 6. The van der Waals surface area contributed by atoms with Crippen LogP contribution in [0.5, 0.6) is 0 Å². The molecular weight excluding hydrogens is 468 g/mol. The molecule has 170 valence electrons. The van der Waals surface area contributed by atoms with E-state index in [0.29, 0.717) is 29.2 Å². The van der Waals surface area contributed by atoms with Crippen molar-refractivity contribution >= 4 is 57.8 Å². The van der Waals surface area contributed by atoms with Crippen LogP contribution in [0.15, 0.2) is 59.0 Å². The third kappa shape index (κ3) is 6.15. The lowest BCUT2D eigenvalue weighted by molar-refractivity contribution is -0.384. The molecule has 0 aliphatic rings. The standard InChI is InChI=1S/C22H19ClN4O5S/c1-2-5-20(28)24-13-8-9-15(23)16(12-13)25-22(33)26-21(29)19-11-10-18(32-19)14-6-3-4-7-17(14)27(30)31/h3-4,6-12H,2,5H2,1H3,(H,24,28)(H2,25,26,29,33). The van der Waals surface area contributed by atoms with Crippen LogP contribution in [0.2, 0.25) is 5.02 Å². The Balaban J connectivity index is 1.68. The van der Waals surface area contributed by atoms with E-state index < -0.39 is 10.8 Å². The molecule has 11 heteroatoms. The van der Waals surface area contributed by atoms with Crippen molar-refractivity contribution in [2.45, 2.75) is 19.8 Å². The fraction of sp³-hybridized carbons (Fsp3) is 0.136. The fourth-order valence-corrected chi connectivity index (χ4v) is 3.28. The molecule has 0 aliphatic carbocycles. The van der Waals surface area contributed by atoms with Crippen molar-refractivity contribution in [3.8, 4) is 11.3 Å². The highest BCUT2D eigenvalue weighted by molar-refractivity contribution is 7.80. The number of halogens is 1. The fourth-order valence-electron chi connectivity index (χ4n) is 2.91. The van der Waals surface area contributed by atoms with E-state index in [0.717, 1.165) is 0 Å². The van der Waals surface area contributed by atoms with Crippen LogP contribution >= 0.6 is 23.8 Å². The van der Waals surface area contributed by atoms with Crippen LogP contribution < -0.4 is 16.0 Å². The topological polar surface area (TPSA) is 127 Å². The number of amides is 2. The van der Waals surface area contributed by atoms with E-state index in [2.05, 4.69) is 16.0 Å². The Kier molecular flexibility index (Phi) is 7.75. The molecule has 0 spiro atoms. The maximum Gasteiger partial charge on any atom is 0.293 e. The Bertz CT molecular complexity index is 1230. The molecule has 0 saturated carbocycles. The summed E-state index contributed by atoms with van der Waals surface area (Å²) in [6, 6.07) is 13.7. The molecule has 2 amide bonds. The number of carbonyl (C=O) groups is 2. The summed E-state index contributed by atoms with van der Waals surface area (Å²) in [7, 11) is 0. The van der Waals surface area contributed by atoms with Gasteiger partial charge in [0.25, 0.3) is 11.6 Å². The molecule has 3 N–H and O–H groups in total. The number of nitro benzene ring substituents is 1. The van der Waals surface area contributed by atoms with E-state index in [-0.39, 0.29) is 33.8 Å². The number of nitro groups is 1. The van der Waals surface area contributed by atoms with Crippen molar-refractivity contribution in [3.63, 3.8) is 0 Å². The average Bonchev–Trinajstić information content (AvgIpc) is 3.26. The summed E-state index contributed by atoms with van der Waals surface area (Å²) < 4.78 is 5.51. The smallest absolute Gasteiger partial charge is 0.293 e. The van der Waals surface area contributed by atoms with Gasteiger partial charge in [-0.3, -0.25) is 25.0 Å². The molecule has 3 rings (SSSR count). The third-order valence-electron chi connectivity index (χ3n) is 4.40. The predicted octanol–water partition coefficient (Wildman–Crippen LogP) is 5.37. The molecule has 0 atom stereocenters. The molecule has 2 aromatic carbocycles. The second kappa shape index (κ2) is 10.7. The van der Waals surface area contributed by atoms with Gasteiger partial charge >= 0.3 is 0 Å². The lowest BCUT2D eigenvalue weighted by atomic mass is 10.1. The zero-order valence-corrected chi connectivity index (χ0v) is 19.0. The Morgan fingerprint density at radius 3 is 2.61 bits per heavy atom. The number of benzene rings is 2. The maximum absolute atomic E-state index is 12.5. The molecule has 0 unspecified atom stereocenters. The average molecular weight is 487 g/mol. The quantitative estimate of drug-likeness (QED) is 0.232. The Hall–Kier alpha value is -3.76. The van der Waals surface area contributed by atoms with E-state index in [4.69, 9.17) is 28.2 Å². The molecule has 3 aromatic rings. The van der Waals surface area contributed by atoms with Crippen LogP contribution in [0.1, 0.15) is 30.3 Å². The van der Waals surface area contributed by atoms with Crippen molar-refractivity contribution in [1.29, 1.82) is 0 Å². The molecule has 0 aliphatic heterocycles. The van der Waals surface area contributed by atoms with E-state index in [1.165, 1.54) is 30.3 Å². The largest absolute Gasteiger partial charge is 0.451 e. The molecule has 33 heavy (non-hydrogen) atoms. The number of hydrogen-bond donors (Lipinski definition) is 3. The van der Waals surface area contributed by atoms with Crippen molar-refractivity contribution < 1.29 is 18.9 Å². The van der Waals surface area contributed by atoms with E-state index in [1.54, 1.807) is 24.3 Å². The van der Waals surface area contributed by atoms with Gasteiger partial charge in [0, 0.05) is 18.2 Å². The first kappa shape index (κ1) is 23.9. The summed E-state index contributed by atoms with van der Waals surface area (Å²) in [5.74, 6) is -0.696. The highest BCUT2D eigenvalue weighted by atomic mass is 35.5. The van der Waals surface area contributed by atoms with Gasteiger partial charge in [-0.05, 0) is 55.0 Å². The van der Waals surface area contributed by atoms with Crippen LogP contribution in [0.4, 0.5) is 17.1 Å². The van der Waals surface area contributed by atoms with Crippen molar-refractivity contribution in [2.75, 3.05) is 10.6 Å². The summed E-state index contributed by atoms with van der Waals surface area (Å²) in [6.07, 6.45) is 1.10. The zero-order valence-electron chi connectivity index (χ0n) is 17.4. The second-order valence-corrected chi connectivity index (χ2v) is 7.65. The Morgan fingerprint density at radius 1 is 1.12 bits per heavy atom. The van der Waals surface area contributed by atoms with Crippen LogP contribution in [0.25, 0.3) is 11.3 Å². The minimum Gasteiger partial charge on any atom is -0.451 e. The highest BCUT2D eigenvalue weighted by Crippen LogP contribution is 2.31. The normalized spacial score (nSPS) is 10.4. The van der Waals surface area contributed by atoms with Gasteiger partial charge in [0.2, 0.25) is 5.91 Å². The molecule has 0 bridgehead atoms. The SMILES string of the molecule is CCCC(=O)Nc1ccc(Cl)c(NC(=S)NC(=O)c2ccc(-c3ccccc3[N+](=O)[O-])o2)c1. The first-order valence-corrected chi connectivity index (χ1v) is 10.6. The maximum atomic E-state index is 12.5. The number of carbonyl (C=O) groups excluding carboxylic acids is 2. The summed E-state index contributed by atoms with van der Waals surface area (Å²) in [6.45, 7) is 1.90. The van der Waals surface area contributed by atoms with Gasteiger partial charge in [-0.1, -0.05) is 30.7 Å².